The van der Waals surface area contributed by atoms with Gasteiger partial charge >= 0.3 is 0 Å². The van der Waals surface area contributed by atoms with Crippen LogP contribution in [0.5, 0.6) is 0 Å². The van der Waals surface area contributed by atoms with E-state index in [-0.39, 0.29) is 0 Å². The summed E-state index contributed by atoms with van der Waals surface area (Å²) in [6, 6.07) is 0.624. The molecule has 2 N–H and O–H groups in total. The molecule has 0 aromatic heterocycles. The van der Waals surface area contributed by atoms with Gasteiger partial charge in [-0.1, -0.05) is 73.8 Å². The summed E-state index contributed by atoms with van der Waals surface area (Å²) in [7, 11) is 0. The minimum atomic E-state index is 0.534. The van der Waals surface area contributed by atoms with Crippen LogP contribution < -0.4 is 10.6 Å². The quantitative estimate of drug-likeness (QED) is 0.469. The number of hydrogen-bond acceptors (Lipinski definition) is 2. The molecule has 2 heteroatoms. The second-order valence-electron chi connectivity index (χ2n) is 7.33. The average molecular weight is 297 g/mol. The second-order valence-corrected chi connectivity index (χ2v) is 7.33. The summed E-state index contributed by atoms with van der Waals surface area (Å²) < 4.78 is 0. The van der Waals surface area contributed by atoms with E-state index in [0.717, 1.165) is 18.4 Å². The van der Waals surface area contributed by atoms with Crippen LogP contribution in [0.4, 0.5) is 0 Å². The molecule has 0 amide bonds. The standard InChI is InChI=1S/C19H40N2/c1-15(2)19(7)21-14-18(6)17(5)12-10-8-9-11-13-20-16(3)4/h15-18,20-21H,7-14H2,1-6H3. The minimum absolute atomic E-state index is 0.534. The van der Waals surface area contributed by atoms with Crippen molar-refractivity contribution in [2.45, 2.75) is 79.7 Å². The molecule has 2 nitrogen and oxygen atoms in total. The van der Waals surface area contributed by atoms with E-state index in [1.165, 1.54) is 44.3 Å². The lowest BCUT2D eigenvalue weighted by Gasteiger charge is -2.22. The zero-order valence-electron chi connectivity index (χ0n) is 15.5. The van der Waals surface area contributed by atoms with Crippen molar-refractivity contribution in [2.24, 2.45) is 17.8 Å². The highest BCUT2D eigenvalue weighted by Gasteiger charge is 2.12. The third-order valence-corrected chi connectivity index (χ3v) is 4.46. The van der Waals surface area contributed by atoms with E-state index < -0.39 is 0 Å². The van der Waals surface area contributed by atoms with Gasteiger partial charge in [0.25, 0.3) is 0 Å². The van der Waals surface area contributed by atoms with Crippen LogP contribution in [0.15, 0.2) is 12.3 Å². The van der Waals surface area contributed by atoms with Crippen molar-refractivity contribution in [1.82, 2.24) is 10.6 Å². The third kappa shape index (κ3) is 11.8. The molecule has 21 heavy (non-hydrogen) atoms. The Labute approximate surface area is 134 Å². The summed E-state index contributed by atoms with van der Waals surface area (Å²) in [5, 5.41) is 6.97. The van der Waals surface area contributed by atoms with Crippen LogP contribution in [-0.4, -0.2) is 19.1 Å². The van der Waals surface area contributed by atoms with E-state index in [2.05, 4.69) is 58.8 Å². The minimum Gasteiger partial charge on any atom is -0.388 e. The molecular formula is C19H40N2. The van der Waals surface area contributed by atoms with Gasteiger partial charge in [0.1, 0.15) is 0 Å². The predicted molar refractivity (Wildman–Crippen MR) is 96.5 cm³/mol. The van der Waals surface area contributed by atoms with Gasteiger partial charge in [-0.2, -0.15) is 0 Å². The van der Waals surface area contributed by atoms with E-state index in [0.29, 0.717) is 12.0 Å². The molecule has 0 aromatic carbocycles. The van der Waals surface area contributed by atoms with Gasteiger partial charge in [-0.3, -0.25) is 0 Å². The Kier molecular flexibility index (Phi) is 11.8. The maximum Gasteiger partial charge on any atom is 0.0172 e. The topological polar surface area (TPSA) is 24.1 Å². The highest BCUT2D eigenvalue weighted by atomic mass is 14.9. The highest BCUT2D eigenvalue weighted by Crippen LogP contribution is 2.19. The Hall–Kier alpha value is -0.500. The van der Waals surface area contributed by atoms with Crippen molar-refractivity contribution in [3.8, 4) is 0 Å². The molecule has 0 saturated heterocycles. The van der Waals surface area contributed by atoms with Gasteiger partial charge in [0, 0.05) is 18.3 Å². The Bertz CT molecular complexity index is 258. The zero-order valence-corrected chi connectivity index (χ0v) is 15.5. The fraction of sp³-hybridized carbons (Fsp3) is 0.895. The summed E-state index contributed by atoms with van der Waals surface area (Å²) in [5.74, 6) is 2.06. The van der Waals surface area contributed by atoms with Crippen LogP contribution in [0.2, 0.25) is 0 Å². The lowest BCUT2D eigenvalue weighted by Crippen LogP contribution is -2.26. The first-order chi connectivity index (χ1) is 9.84. The Balaban J connectivity index is 3.55. The van der Waals surface area contributed by atoms with Crippen molar-refractivity contribution in [1.29, 1.82) is 0 Å². The fourth-order valence-electron chi connectivity index (χ4n) is 2.32. The fourth-order valence-corrected chi connectivity index (χ4v) is 2.32. The van der Waals surface area contributed by atoms with E-state index >= 15 is 0 Å². The molecule has 126 valence electrons. The molecule has 0 radical (unpaired) electrons. The van der Waals surface area contributed by atoms with Crippen LogP contribution in [0, 0.1) is 17.8 Å². The molecule has 0 fully saturated rings. The normalized spacial score (nSPS) is 14.5. The van der Waals surface area contributed by atoms with Gasteiger partial charge in [0.2, 0.25) is 0 Å². The number of allylic oxidation sites excluding steroid dienone is 1. The molecule has 0 aliphatic heterocycles. The summed E-state index contributed by atoms with van der Waals surface area (Å²) in [6.07, 6.45) is 6.79. The van der Waals surface area contributed by atoms with Gasteiger partial charge < -0.3 is 10.6 Å². The van der Waals surface area contributed by atoms with Crippen molar-refractivity contribution < 1.29 is 0 Å². The molecule has 2 atom stereocenters. The van der Waals surface area contributed by atoms with Crippen molar-refractivity contribution in [2.75, 3.05) is 13.1 Å². The van der Waals surface area contributed by atoms with Gasteiger partial charge in [0.05, 0.1) is 0 Å². The second kappa shape index (κ2) is 12.1. The largest absolute Gasteiger partial charge is 0.388 e. The predicted octanol–water partition coefficient (Wildman–Crippen LogP) is 4.97. The van der Waals surface area contributed by atoms with E-state index in [1.54, 1.807) is 0 Å². The van der Waals surface area contributed by atoms with E-state index in [4.69, 9.17) is 0 Å². The average Bonchev–Trinajstić information content (AvgIpc) is 2.42. The Morgan fingerprint density at radius 1 is 0.857 bits per heavy atom. The molecule has 0 bridgehead atoms. The van der Waals surface area contributed by atoms with Crippen LogP contribution in [-0.2, 0) is 0 Å². The van der Waals surface area contributed by atoms with Crippen molar-refractivity contribution in [3.05, 3.63) is 12.3 Å². The SMILES string of the molecule is C=C(NCC(C)C(C)CCCCCCNC(C)C)C(C)C. The molecule has 2 unspecified atom stereocenters. The lowest BCUT2D eigenvalue weighted by atomic mass is 9.90. The molecular weight excluding hydrogens is 256 g/mol. The zero-order chi connectivity index (χ0) is 16.3. The van der Waals surface area contributed by atoms with Gasteiger partial charge in [-0.15, -0.1) is 0 Å². The van der Waals surface area contributed by atoms with Crippen molar-refractivity contribution in [3.63, 3.8) is 0 Å². The van der Waals surface area contributed by atoms with Crippen LogP contribution in [0.1, 0.15) is 73.6 Å². The van der Waals surface area contributed by atoms with E-state index in [9.17, 15) is 0 Å². The number of hydrogen-bond donors (Lipinski definition) is 2. The van der Waals surface area contributed by atoms with Gasteiger partial charge in [-0.25, -0.2) is 0 Å². The molecule has 0 aliphatic rings. The Morgan fingerprint density at radius 3 is 2.05 bits per heavy atom. The third-order valence-electron chi connectivity index (χ3n) is 4.46. The van der Waals surface area contributed by atoms with Crippen molar-refractivity contribution >= 4 is 0 Å². The number of rotatable bonds is 13. The molecule has 0 heterocycles. The first-order valence-corrected chi connectivity index (χ1v) is 9.00. The van der Waals surface area contributed by atoms with Gasteiger partial charge in [0.15, 0.2) is 0 Å². The first-order valence-electron chi connectivity index (χ1n) is 9.00. The molecule has 0 aromatic rings. The monoisotopic (exact) mass is 296 g/mol. The maximum atomic E-state index is 4.08. The summed E-state index contributed by atoms with van der Waals surface area (Å²) >= 11 is 0. The van der Waals surface area contributed by atoms with Crippen LogP contribution >= 0.6 is 0 Å². The maximum absolute atomic E-state index is 4.08. The molecule has 0 aliphatic carbocycles. The number of unbranched alkanes of at least 4 members (excludes halogenated alkanes) is 3. The van der Waals surface area contributed by atoms with Crippen LogP contribution in [0.3, 0.4) is 0 Å². The van der Waals surface area contributed by atoms with E-state index in [1.807, 2.05) is 0 Å². The summed E-state index contributed by atoms with van der Waals surface area (Å²) in [6.45, 7) is 19.9. The smallest absolute Gasteiger partial charge is 0.0172 e. The molecule has 0 rings (SSSR count). The number of nitrogens with one attached hydrogen (secondary N) is 2. The first kappa shape index (κ1) is 20.5. The lowest BCUT2D eigenvalue weighted by molar-refractivity contribution is 0.340. The highest BCUT2D eigenvalue weighted by molar-refractivity contribution is 4.94. The Morgan fingerprint density at radius 2 is 1.48 bits per heavy atom. The molecule has 0 spiro atoms. The van der Waals surface area contributed by atoms with Gasteiger partial charge in [-0.05, 0) is 30.7 Å². The van der Waals surface area contributed by atoms with Crippen LogP contribution in [0.25, 0.3) is 0 Å². The summed E-state index contributed by atoms with van der Waals surface area (Å²) in [4.78, 5) is 0. The summed E-state index contributed by atoms with van der Waals surface area (Å²) in [5.41, 5.74) is 1.17. The molecule has 0 saturated carbocycles.